The van der Waals surface area contributed by atoms with Crippen LogP contribution in [-0.4, -0.2) is 97.7 Å². The Balaban J connectivity index is 0.884. The van der Waals surface area contributed by atoms with E-state index < -0.39 is 11.9 Å². The summed E-state index contributed by atoms with van der Waals surface area (Å²) in [7, 11) is 0. The molecular formula is C33H38FN5O5. The molecule has 0 aliphatic carbocycles. The van der Waals surface area contributed by atoms with Gasteiger partial charge in [0.25, 0.3) is 5.91 Å². The molecule has 232 valence electrons. The molecule has 0 aromatic heterocycles. The predicted octanol–water partition coefficient (Wildman–Crippen LogP) is 2.55. The maximum atomic E-state index is 14.3. The van der Waals surface area contributed by atoms with Crippen LogP contribution in [0.5, 0.6) is 5.75 Å². The minimum Gasteiger partial charge on any atom is -0.489 e. The van der Waals surface area contributed by atoms with Crippen LogP contribution < -0.4 is 19.9 Å². The lowest BCUT2D eigenvalue weighted by Crippen LogP contribution is -2.58. The van der Waals surface area contributed by atoms with Crippen LogP contribution in [0.25, 0.3) is 0 Å². The first-order valence-corrected chi connectivity index (χ1v) is 15.9. The van der Waals surface area contributed by atoms with Crippen molar-refractivity contribution in [1.82, 2.24) is 15.1 Å². The number of amides is 3. The third-order valence-corrected chi connectivity index (χ3v) is 10.6. The SMILES string of the molecule is O=C1CCC(N2Cc3c(ccc4c3OCC3CN(CC5COC6(CCN(c7ccccc7F)CC6)C5)CCN43)C2=O)C(=O)N1. The lowest BCUT2D eigenvalue weighted by atomic mass is 9.85. The molecule has 10 nitrogen and oxygen atoms in total. The van der Waals surface area contributed by atoms with Gasteiger partial charge in [0.2, 0.25) is 11.8 Å². The van der Waals surface area contributed by atoms with Crippen molar-refractivity contribution in [1.29, 1.82) is 0 Å². The topological polar surface area (TPSA) is 94.7 Å². The fourth-order valence-corrected chi connectivity index (χ4v) is 8.35. The third kappa shape index (κ3) is 4.72. The molecule has 11 heteroatoms. The number of rotatable bonds is 4. The summed E-state index contributed by atoms with van der Waals surface area (Å²) in [5.41, 5.74) is 3.03. The van der Waals surface area contributed by atoms with Gasteiger partial charge < -0.3 is 24.2 Å². The highest BCUT2D eigenvalue weighted by Gasteiger charge is 2.45. The number of hydrogen-bond donors (Lipinski definition) is 1. The Kier molecular flexibility index (Phi) is 6.78. The zero-order chi connectivity index (χ0) is 30.0. The van der Waals surface area contributed by atoms with Crippen LogP contribution in [-0.2, 0) is 20.9 Å². The number of para-hydroxylation sites is 1. The van der Waals surface area contributed by atoms with Crippen molar-refractivity contribution in [2.75, 3.05) is 62.3 Å². The molecule has 3 atom stereocenters. The van der Waals surface area contributed by atoms with Gasteiger partial charge in [-0.05, 0) is 55.9 Å². The Hall–Kier alpha value is -3.70. The Morgan fingerprint density at radius 3 is 2.61 bits per heavy atom. The fraction of sp³-hybridized carbons (Fsp3) is 0.545. The van der Waals surface area contributed by atoms with Crippen molar-refractivity contribution in [3.63, 3.8) is 0 Å². The number of piperidine rings is 2. The van der Waals surface area contributed by atoms with Gasteiger partial charge in [-0.25, -0.2) is 4.39 Å². The zero-order valence-corrected chi connectivity index (χ0v) is 24.8. The number of nitrogens with zero attached hydrogens (tertiary/aromatic N) is 4. The Morgan fingerprint density at radius 2 is 1.80 bits per heavy atom. The minimum absolute atomic E-state index is 0.0966. The number of benzene rings is 2. The van der Waals surface area contributed by atoms with Crippen molar-refractivity contribution < 1.29 is 28.2 Å². The molecule has 6 aliphatic heterocycles. The van der Waals surface area contributed by atoms with E-state index >= 15 is 0 Å². The van der Waals surface area contributed by atoms with Crippen LogP contribution >= 0.6 is 0 Å². The number of carbonyl (C=O) groups excluding carboxylic acids is 3. The summed E-state index contributed by atoms with van der Waals surface area (Å²) in [5.74, 6) is 0.203. The fourth-order valence-electron chi connectivity index (χ4n) is 8.35. The second-order valence-corrected chi connectivity index (χ2v) is 13.3. The second kappa shape index (κ2) is 10.7. The highest BCUT2D eigenvalue weighted by molar-refractivity contribution is 6.06. The molecule has 2 aromatic carbocycles. The maximum Gasteiger partial charge on any atom is 0.255 e. The van der Waals surface area contributed by atoms with Gasteiger partial charge in [-0.3, -0.25) is 24.6 Å². The summed E-state index contributed by atoms with van der Waals surface area (Å²) in [5, 5.41) is 2.37. The molecule has 1 spiro atoms. The van der Waals surface area contributed by atoms with Crippen molar-refractivity contribution in [2.45, 2.75) is 56.3 Å². The smallest absolute Gasteiger partial charge is 0.255 e. The van der Waals surface area contributed by atoms with Crippen molar-refractivity contribution in [3.8, 4) is 5.75 Å². The number of nitrogens with one attached hydrogen (secondary N) is 1. The average Bonchev–Trinajstić information content (AvgIpc) is 3.57. The third-order valence-electron chi connectivity index (χ3n) is 10.6. The maximum absolute atomic E-state index is 14.3. The van der Waals surface area contributed by atoms with Gasteiger partial charge in [0.1, 0.15) is 24.2 Å². The summed E-state index contributed by atoms with van der Waals surface area (Å²) < 4.78 is 27.2. The summed E-state index contributed by atoms with van der Waals surface area (Å²) >= 11 is 0. The van der Waals surface area contributed by atoms with Crippen molar-refractivity contribution in [2.24, 2.45) is 5.92 Å². The average molecular weight is 604 g/mol. The van der Waals surface area contributed by atoms with Crippen molar-refractivity contribution >= 4 is 29.1 Å². The number of hydrogen-bond acceptors (Lipinski definition) is 8. The summed E-state index contributed by atoms with van der Waals surface area (Å²) in [4.78, 5) is 46.1. The first-order chi connectivity index (χ1) is 21.4. The molecule has 1 N–H and O–H groups in total. The van der Waals surface area contributed by atoms with Gasteiger partial charge in [0.05, 0.1) is 36.2 Å². The molecule has 3 amide bonds. The van der Waals surface area contributed by atoms with E-state index in [1.807, 2.05) is 24.3 Å². The molecule has 44 heavy (non-hydrogen) atoms. The van der Waals surface area contributed by atoms with Gasteiger partial charge in [0.15, 0.2) is 0 Å². The standard InChI is InChI=1S/C33H38FN5O5/c34-25-3-1-2-4-26(25)37-11-9-33(10-12-37)15-21(19-44-33)16-36-13-14-38-22(17-36)20-43-30-24-18-39(28-7-8-29(40)35-31(28)41)32(42)23(24)5-6-27(30)38/h1-6,21-22,28H,7-20H2,(H,35,40,41). The molecule has 4 saturated heterocycles. The molecule has 3 unspecified atom stereocenters. The zero-order valence-electron chi connectivity index (χ0n) is 24.8. The van der Waals surface area contributed by atoms with Crippen LogP contribution in [0, 0.1) is 11.7 Å². The number of piperazine rings is 1. The minimum atomic E-state index is -0.638. The molecule has 0 bridgehead atoms. The predicted molar refractivity (Wildman–Crippen MR) is 160 cm³/mol. The lowest BCUT2D eigenvalue weighted by Gasteiger charge is -2.46. The normalized spacial score (nSPS) is 28.1. The molecule has 6 heterocycles. The lowest BCUT2D eigenvalue weighted by molar-refractivity contribution is -0.136. The van der Waals surface area contributed by atoms with Gasteiger partial charge in [-0.2, -0.15) is 0 Å². The van der Waals surface area contributed by atoms with E-state index in [-0.39, 0.29) is 35.7 Å². The largest absolute Gasteiger partial charge is 0.489 e. The quantitative estimate of drug-likeness (QED) is 0.534. The first-order valence-electron chi connectivity index (χ1n) is 15.9. The van der Waals surface area contributed by atoms with Gasteiger partial charge in [0, 0.05) is 56.8 Å². The molecule has 6 aliphatic rings. The molecule has 0 radical (unpaired) electrons. The van der Waals surface area contributed by atoms with Gasteiger partial charge >= 0.3 is 0 Å². The Bertz CT molecular complexity index is 1510. The number of ether oxygens (including phenoxy) is 2. The number of imide groups is 1. The van der Waals surface area contributed by atoms with Crippen LogP contribution in [0.4, 0.5) is 15.8 Å². The molecule has 2 aromatic rings. The number of carbonyl (C=O) groups is 3. The van der Waals surface area contributed by atoms with E-state index in [1.54, 1.807) is 11.0 Å². The summed E-state index contributed by atoms with van der Waals surface area (Å²) in [6.45, 7) is 6.97. The Morgan fingerprint density at radius 1 is 0.955 bits per heavy atom. The van der Waals surface area contributed by atoms with E-state index in [0.29, 0.717) is 36.7 Å². The monoisotopic (exact) mass is 603 g/mol. The molecular weight excluding hydrogens is 565 g/mol. The number of fused-ring (bicyclic) bond motifs is 5. The summed E-state index contributed by atoms with van der Waals surface area (Å²) in [6, 6.07) is 10.5. The Labute approximate surface area is 256 Å². The van der Waals surface area contributed by atoms with Crippen LogP contribution in [0.15, 0.2) is 36.4 Å². The molecule has 4 fully saturated rings. The van der Waals surface area contributed by atoms with E-state index in [9.17, 15) is 18.8 Å². The van der Waals surface area contributed by atoms with E-state index in [4.69, 9.17) is 9.47 Å². The highest BCUT2D eigenvalue weighted by Crippen LogP contribution is 2.44. The first kappa shape index (κ1) is 27.8. The number of anilines is 2. The van der Waals surface area contributed by atoms with E-state index in [2.05, 4.69) is 20.0 Å². The molecule has 0 saturated carbocycles. The van der Waals surface area contributed by atoms with E-state index in [0.717, 1.165) is 82.1 Å². The number of halogens is 1. The molecule has 8 rings (SSSR count). The van der Waals surface area contributed by atoms with E-state index in [1.165, 1.54) is 6.07 Å². The van der Waals surface area contributed by atoms with Crippen LogP contribution in [0.1, 0.15) is 48.0 Å². The van der Waals surface area contributed by atoms with Crippen LogP contribution in [0.3, 0.4) is 0 Å². The van der Waals surface area contributed by atoms with Crippen molar-refractivity contribution in [3.05, 3.63) is 53.3 Å². The highest BCUT2D eigenvalue weighted by atomic mass is 19.1. The van der Waals surface area contributed by atoms with Crippen LogP contribution in [0.2, 0.25) is 0 Å². The van der Waals surface area contributed by atoms with Gasteiger partial charge in [-0.1, -0.05) is 12.1 Å². The van der Waals surface area contributed by atoms with Gasteiger partial charge in [-0.15, -0.1) is 0 Å². The second-order valence-electron chi connectivity index (χ2n) is 13.3. The summed E-state index contributed by atoms with van der Waals surface area (Å²) in [6.07, 6.45) is 3.47.